The number of carbonyl (C=O) groups is 1. The van der Waals surface area contributed by atoms with Crippen LogP contribution in [0.15, 0.2) is 54.7 Å². The number of allylic oxidation sites excluding steroid dienone is 1. The summed E-state index contributed by atoms with van der Waals surface area (Å²) in [5.74, 6) is 0.132. The molecule has 1 saturated heterocycles. The van der Waals surface area contributed by atoms with Crippen LogP contribution in [-0.4, -0.2) is 46.1 Å². The van der Waals surface area contributed by atoms with Gasteiger partial charge < -0.3 is 10.4 Å². The Bertz CT molecular complexity index is 774. The fourth-order valence-corrected chi connectivity index (χ4v) is 3.90. The van der Waals surface area contributed by atoms with Crippen molar-refractivity contribution in [1.82, 2.24) is 15.2 Å². The number of nitrogens with one attached hydrogen (secondary N) is 1. The van der Waals surface area contributed by atoms with Crippen LogP contribution in [0.1, 0.15) is 36.6 Å². The van der Waals surface area contributed by atoms with E-state index in [0.29, 0.717) is 13.1 Å². The quantitative estimate of drug-likeness (QED) is 0.792. The van der Waals surface area contributed by atoms with Gasteiger partial charge in [0.1, 0.15) is 0 Å². The summed E-state index contributed by atoms with van der Waals surface area (Å²) in [4.78, 5) is 18.1. The minimum atomic E-state index is -0.0394. The van der Waals surface area contributed by atoms with Crippen molar-refractivity contribution in [3.05, 3.63) is 71.6 Å². The van der Waals surface area contributed by atoms with E-state index in [1.807, 2.05) is 31.2 Å². The second-order valence-electron chi connectivity index (χ2n) is 6.94. The van der Waals surface area contributed by atoms with Crippen molar-refractivity contribution in [2.24, 2.45) is 0 Å². The van der Waals surface area contributed by atoms with Crippen molar-refractivity contribution in [2.75, 3.05) is 13.2 Å². The molecule has 0 saturated carbocycles. The number of pyridine rings is 1. The van der Waals surface area contributed by atoms with Crippen LogP contribution in [-0.2, 0) is 11.3 Å². The summed E-state index contributed by atoms with van der Waals surface area (Å²) >= 11 is 0. The van der Waals surface area contributed by atoms with Crippen molar-refractivity contribution in [3.63, 3.8) is 0 Å². The molecule has 3 atom stereocenters. The molecule has 2 heterocycles. The van der Waals surface area contributed by atoms with Crippen molar-refractivity contribution >= 4 is 12.0 Å². The second-order valence-corrected chi connectivity index (χ2v) is 6.94. The number of aromatic nitrogens is 1. The van der Waals surface area contributed by atoms with E-state index in [1.54, 1.807) is 6.20 Å². The first-order chi connectivity index (χ1) is 13.1. The van der Waals surface area contributed by atoms with Crippen molar-refractivity contribution in [1.29, 1.82) is 0 Å². The Hall–Kier alpha value is -2.50. The van der Waals surface area contributed by atoms with Gasteiger partial charge in [0.2, 0.25) is 5.91 Å². The highest BCUT2D eigenvalue weighted by Gasteiger charge is 2.48. The zero-order valence-corrected chi connectivity index (χ0v) is 15.9. The van der Waals surface area contributed by atoms with Gasteiger partial charge in [-0.15, -0.1) is 0 Å². The summed E-state index contributed by atoms with van der Waals surface area (Å²) in [5.41, 5.74) is 3.31. The first-order valence-electron chi connectivity index (χ1n) is 9.37. The summed E-state index contributed by atoms with van der Waals surface area (Å²) in [5, 5.41) is 13.0. The van der Waals surface area contributed by atoms with E-state index in [4.69, 9.17) is 0 Å². The fourth-order valence-electron chi connectivity index (χ4n) is 3.90. The molecule has 1 aliphatic rings. The number of amides is 1. The van der Waals surface area contributed by atoms with Gasteiger partial charge >= 0.3 is 0 Å². The molecule has 3 rings (SSSR count). The number of hydrogen-bond acceptors (Lipinski definition) is 4. The third-order valence-corrected chi connectivity index (χ3v) is 5.18. The molecule has 1 aromatic carbocycles. The molecule has 0 spiro atoms. The first-order valence-corrected chi connectivity index (χ1v) is 9.37. The van der Waals surface area contributed by atoms with Crippen LogP contribution in [0.4, 0.5) is 0 Å². The van der Waals surface area contributed by atoms with E-state index < -0.39 is 0 Å². The topological polar surface area (TPSA) is 65.5 Å². The van der Waals surface area contributed by atoms with Gasteiger partial charge in [-0.25, -0.2) is 0 Å². The summed E-state index contributed by atoms with van der Waals surface area (Å²) < 4.78 is 0. The Kier molecular flexibility index (Phi) is 6.37. The van der Waals surface area contributed by atoms with Crippen LogP contribution in [0.3, 0.4) is 0 Å². The van der Waals surface area contributed by atoms with E-state index in [9.17, 15) is 9.90 Å². The fraction of sp³-hybridized carbons (Fsp3) is 0.364. The number of nitrogens with zero attached hydrogens (tertiary/aromatic N) is 2. The van der Waals surface area contributed by atoms with Gasteiger partial charge in [-0.1, -0.05) is 42.5 Å². The molecule has 1 aromatic heterocycles. The van der Waals surface area contributed by atoms with Crippen LogP contribution < -0.4 is 5.32 Å². The van der Waals surface area contributed by atoms with Crippen LogP contribution in [0.5, 0.6) is 0 Å². The molecule has 0 radical (unpaired) electrons. The van der Waals surface area contributed by atoms with Crippen molar-refractivity contribution in [2.45, 2.75) is 38.4 Å². The molecular formula is C22H27N3O2. The number of aliphatic hydroxyl groups is 1. The highest BCUT2D eigenvalue weighted by atomic mass is 16.3. The number of likely N-dealkylation sites (tertiary alicyclic amines) is 1. The zero-order chi connectivity index (χ0) is 19.2. The number of aliphatic hydroxyl groups excluding tert-OH is 1. The van der Waals surface area contributed by atoms with Gasteiger partial charge in [-0.05, 0) is 30.2 Å². The van der Waals surface area contributed by atoms with E-state index >= 15 is 0 Å². The van der Waals surface area contributed by atoms with Gasteiger partial charge in [0, 0.05) is 44.2 Å². The van der Waals surface area contributed by atoms with Gasteiger partial charge in [0.05, 0.1) is 12.3 Å². The summed E-state index contributed by atoms with van der Waals surface area (Å²) in [7, 11) is 0. The molecular weight excluding hydrogens is 338 g/mol. The van der Waals surface area contributed by atoms with Crippen molar-refractivity contribution in [3.8, 4) is 0 Å². The molecule has 1 aliphatic heterocycles. The molecule has 2 N–H and O–H groups in total. The molecule has 27 heavy (non-hydrogen) atoms. The van der Waals surface area contributed by atoms with Crippen molar-refractivity contribution < 1.29 is 9.90 Å². The maximum absolute atomic E-state index is 11.5. The normalized spacial score (nSPS) is 22.6. The lowest BCUT2D eigenvalue weighted by Gasteiger charge is -2.55. The van der Waals surface area contributed by atoms with E-state index in [2.05, 4.69) is 45.5 Å². The second kappa shape index (κ2) is 8.93. The Labute approximate surface area is 160 Å². The maximum Gasteiger partial charge on any atom is 0.216 e. The molecule has 142 valence electrons. The predicted molar refractivity (Wildman–Crippen MR) is 107 cm³/mol. The number of benzene rings is 1. The standard InChI is InChI=1S/C22H27N3O2/c1-3-6-17-8-10-18(11-9-17)22-20(13-24-16(2)27)25(21(22)15-26)14-19-7-4-5-12-23-19/h3-12,20-22,26H,13-15H2,1-2H3,(H,24,27)/b6-3+/t20-,21-,22-/m0/s1. The van der Waals surface area contributed by atoms with E-state index in [-0.39, 0.29) is 30.5 Å². The minimum absolute atomic E-state index is 0.0123. The SMILES string of the molecule is C/C=C/c1ccc([C@@H]2[C@H](CO)N(Cc3ccccn3)[C@H]2CNC(C)=O)cc1. The third-order valence-electron chi connectivity index (χ3n) is 5.18. The Balaban J connectivity index is 1.82. The van der Waals surface area contributed by atoms with Crippen LogP contribution in [0, 0.1) is 0 Å². The molecule has 5 nitrogen and oxygen atoms in total. The minimum Gasteiger partial charge on any atom is -0.395 e. The third kappa shape index (κ3) is 4.43. The number of carbonyl (C=O) groups excluding carboxylic acids is 1. The average Bonchev–Trinajstić information content (AvgIpc) is 2.67. The van der Waals surface area contributed by atoms with Gasteiger partial charge in [0.25, 0.3) is 0 Å². The lowest BCUT2D eigenvalue weighted by atomic mass is 9.74. The maximum atomic E-state index is 11.5. The Morgan fingerprint density at radius 3 is 2.59 bits per heavy atom. The number of rotatable bonds is 7. The van der Waals surface area contributed by atoms with E-state index in [0.717, 1.165) is 11.3 Å². The molecule has 1 fully saturated rings. The Morgan fingerprint density at radius 2 is 2.00 bits per heavy atom. The largest absolute Gasteiger partial charge is 0.395 e. The summed E-state index contributed by atoms with van der Waals surface area (Å²) in [6.07, 6.45) is 5.86. The summed E-state index contributed by atoms with van der Waals surface area (Å²) in [6.45, 7) is 4.82. The van der Waals surface area contributed by atoms with Crippen LogP contribution in [0.2, 0.25) is 0 Å². The molecule has 0 unspecified atom stereocenters. The average molecular weight is 365 g/mol. The molecule has 2 aromatic rings. The molecule has 0 bridgehead atoms. The number of hydrogen-bond donors (Lipinski definition) is 2. The highest BCUT2D eigenvalue weighted by Crippen LogP contribution is 2.41. The van der Waals surface area contributed by atoms with Crippen LogP contribution >= 0.6 is 0 Å². The monoisotopic (exact) mass is 365 g/mol. The zero-order valence-electron chi connectivity index (χ0n) is 15.9. The van der Waals surface area contributed by atoms with E-state index in [1.165, 1.54) is 12.5 Å². The van der Waals surface area contributed by atoms with Gasteiger partial charge in [-0.2, -0.15) is 0 Å². The predicted octanol–water partition coefficient (Wildman–Crippen LogP) is 2.58. The van der Waals surface area contributed by atoms with Gasteiger partial charge in [0.15, 0.2) is 0 Å². The highest BCUT2D eigenvalue weighted by molar-refractivity contribution is 5.72. The Morgan fingerprint density at radius 1 is 1.22 bits per heavy atom. The van der Waals surface area contributed by atoms with Crippen LogP contribution in [0.25, 0.3) is 6.08 Å². The lowest BCUT2D eigenvalue weighted by Crippen LogP contribution is -2.66. The molecule has 5 heteroatoms. The van der Waals surface area contributed by atoms with Gasteiger partial charge in [-0.3, -0.25) is 14.7 Å². The smallest absolute Gasteiger partial charge is 0.216 e. The molecule has 1 amide bonds. The summed E-state index contributed by atoms with van der Waals surface area (Å²) in [6, 6.07) is 14.4. The lowest BCUT2D eigenvalue weighted by molar-refractivity contribution is -0.120. The molecule has 0 aliphatic carbocycles. The first kappa shape index (κ1) is 19.3.